The Morgan fingerprint density at radius 2 is 1.89 bits per heavy atom. The maximum absolute atomic E-state index is 13.9. The van der Waals surface area contributed by atoms with Crippen LogP contribution in [0, 0.1) is 0 Å². The second-order valence-corrected chi connectivity index (χ2v) is 11.5. The minimum Gasteiger partial charge on any atom is -0.415 e. The number of alkyl halides is 2. The standard InChI is InChI=1S/C25H28F2N6O4S/c1-17(16-34)31-11-8-21(9-12-31)38(35,36)33(20-5-3-2-4-6-20)15-19-14-32-10-7-18(13-22(32)28-19)24-29-30-25(37-24)23(26)27/h2-7,10,13-14,17,21,23,34H,8-9,11-12,15-16H2,1H3. The first-order valence-electron chi connectivity index (χ1n) is 12.3. The number of pyridine rings is 1. The van der Waals surface area contributed by atoms with E-state index in [4.69, 9.17) is 4.42 Å². The highest BCUT2D eigenvalue weighted by molar-refractivity contribution is 7.93. The molecule has 1 N–H and O–H groups in total. The van der Waals surface area contributed by atoms with Crippen LogP contribution in [0.25, 0.3) is 17.1 Å². The Balaban J connectivity index is 1.41. The maximum Gasteiger partial charge on any atom is 0.314 e. The molecule has 1 atom stereocenters. The lowest BCUT2D eigenvalue weighted by atomic mass is 10.1. The Morgan fingerprint density at radius 3 is 2.55 bits per heavy atom. The average Bonchev–Trinajstić information content (AvgIpc) is 3.59. The molecule has 1 aromatic carbocycles. The maximum atomic E-state index is 13.9. The number of benzene rings is 1. The van der Waals surface area contributed by atoms with Gasteiger partial charge in [0.15, 0.2) is 0 Å². The zero-order valence-corrected chi connectivity index (χ0v) is 21.5. The molecule has 13 heteroatoms. The van der Waals surface area contributed by atoms with Gasteiger partial charge in [0.05, 0.1) is 29.8 Å². The van der Waals surface area contributed by atoms with E-state index < -0.39 is 27.6 Å². The molecule has 1 aliphatic rings. The molecular formula is C25H28F2N6O4S. The molecule has 0 amide bonds. The number of hydrogen-bond donors (Lipinski definition) is 1. The van der Waals surface area contributed by atoms with Gasteiger partial charge >= 0.3 is 6.43 Å². The van der Waals surface area contributed by atoms with Crippen molar-refractivity contribution in [3.63, 3.8) is 0 Å². The first-order chi connectivity index (χ1) is 18.3. The number of rotatable bonds is 9. The number of sulfonamides is 1. The predicted molar refractivity (Wildman–Crippen MR) is 136 cm³/mol. The van der Waals surface area contributed by atoms with Crippen molar-refractivity contribution < 1.29 is 26.7 Å². The van der Waals surface area contributed by atoms with Gasteiger partial charge in [-0.3, -0.25) is 9.21 Å². The molecule has 1 fully saturated rings. The minimum atomic E-state index is -3.73. The van der Waals surface area contributed by atoms with Gasteiger partial charge in [-0.25, -0.2) is 13.4 Å². The lowest BCUT2D eigenvalue weighted by Crippen LogP contribution is -2.48. The Hall–Kier alpha value is -3.42. The van der Waals surface area contributed by atoms with Crippen LogP contribution in [-0.4, -0.2) is 69.0 Å². The Kier molecular flexibility index (Phi) is 7.41. The van der Waals surface area contributed by atoms with Crippen LogP contribution in [0.2, 0.25) is 0 Å². The summed E-state index contributed by atoms with van der Waals surface area (Å²) in [7, 11) is -3.73. The SMILES string of the molecule is CC(CO)N1CCC(S(=O)(=O)N(Cc2cn3ccc(-c4nnc(C(F)F)o4)cc3n2)c2ccccc2)CC1. The fourth-order valence-electron chi connectivity index (χ4n) is 4.66. The number of anilines is 1. The van der Waals surface area contributed by atoms with Crippen molar-refractivity contribution in [2.45, 2.75) is 44.0 Å². The van der Waals surface area contributed by atoms with Crippen LogP contribution in [0.3, 0.4) is 0 Å². The highest BCUT2D eigenvalue weighted by Gasteiger charge is 2.36. The molecule has 3 aromatic heterocycles. The van der Waals surface area contributed by atoms with E-state index in [0.29, 0.717) is 48.5 Å². The van der Waals surface area contributed by atoms with Crippen LogP contribution in [0.4, 0.5) is 14.5 Å². The Labute approximate surface area is 218 Å². The number of para-hydroxylation sites is 1. The van der Waals surface area contributed by atoms with Crippen molar-refractivity contribution in [1.82, 2.24) is 24.5 Å². The van der Waals surface area contributed by atoms with Crippen molar-refractivity contribution in [2.24, 2.45) is 0 Å². The summed E-state index contributed by atoms with van der Waals surface area (Å²) in [6.45, 7) is 3.16. The number of aliphatic hydroxyl groups is 1. The van der Waals surface area contributed by atoms with Crippen molar-refractivity contribution in [3.05, 3.63) is 66.4 Å². The summed E-state index contributed by atoms with van der Waals surface area (Å²) >= 11 is 0. The molecule has 5 rings (SSSR count). The quantitative estimate of drug-likeness (QED) is 0.339. The van der Waals surface area contributed by atoms with Gasteiger partial charge in [-0.1, -0.05) is 18.2 Å². The van der Waals surface area contributed by atoms with Crippen LogP contribution >= 0.6 is 0 Å². The summed E-state index contributed by atoms with van der Waals surface area (Å²) in [4.78, 5) is 6.70. The molecule has 0 radical (unpaired) electrons. The molecule has 1 saturated heterocycles. The number of nitrogens with zero attached hydrogens (tertiary/aromatic N) is 6. The van der Waals surface area contributed by atoms with Crippen molar-refractivity contribution in [1.29, 1.82) is 0 Å². The van der Waals surface area contributed by atoms with Gasteiger partial charge in [0.2, 0.25) is 15.9 Å². The topological polar surface area (TPSA) is 117 Å². The number of imidazole rings is 1. The molecule has 0 spiro atoms. The van der Waals surface area contributed by atoms with Crippen molar-refractivity contribution in [2.75, 3.05) is 24.0 Å². The van der Waals surface area contributed by atoms with Crippen LogP contribution in [0.15, 0.2) is 59.3 Å². The highest BCUT2D eigenvalue weighted by Crippen LogP contribution is 2.29. The normalized spacial score (nSPS) is 16.3. The number of halogens is 2. The average molecular weight is 547 g/mol. The van der Waals surface area contributed by atoms with E-state index >= 15 is 0 Å². The number of hydrogen-bond acceptors (Lipinski definition) is 8. The summed E-state index contributed by atoms with van der Waals surface area (Å²) in [6, 6.07) is 12.1. The molecule has 10 nitrogen and oxygen atoms in total. The van der Waals surface area contributed by atoms with E-state index in [9.17, 15) is 22.3 Å². The van der Waals surface area contributed by atoms with Gasteiger partial charge in [-0.15, -0.1) is 10.2 Å². The number of aliphatic hydroxyl groups excluding tert-OH is 1. The zero-order valence-electron chi connectivity index (χ0n) is 20.7. The Morgan fingerprint density at radius 1 is 1.16 bits per heavy atom. The molecular weight excluding hydrogens is 518 g/mol. The second kappa shape index (κ2) is 10.8. The smallest absolute Gasteiger partial charge is 0.314 e. The summed E-state index contributed by atoms with van der Waals surface area (Å²) in [5.74, 6) is -0.813. The molecule has 4 heterocycles. The van der Waals surface area contributed by atoms with Gasteiger partial charge in [-0.05, 0) is 57.1 Å². The summed E-state index contributed by atoms with van der Waals surface area (Å²) in [5.41, 5.74) is 1.96. The fourth-order valence-corrected chi connectivity index (χ4v) is 6.56. The monoisotopic (exact) mass is 546 g/mol. The molecule has 4 aromatic rings. The highest BCUT2D eigenvalue weighted by atomic mass is 32.2. The number of likely N-dealkylation sites (tertiary alicyclic amines) is 1. The fraction of sp³-hybridized carbons (Fsp3) is 0.400. The zero-order chi connectivity index (χ0) is 26.9. The molecule has 0 bridgehead atoms. The van der Waals surface area contributed by atoms with Crippen LogP contribution in [0.1, 0.15) is 37.8 Å². The van der Waals surface area contributed by atoms with E-state index in [1.165, 1.54) is 4.31 Å². The lowest BCUT2D eigenvalue weighted by Gasteiger charge is -2.37. The summed E-state index contributed by atoms with van der Waals surface area (Å²) in [5, 5.41) is 15.9. The third kappa shape index (κ3) is 5.26. The molecule has 202 valence electrons. The van der Waals surface area contributed by atoms with Gasteiger partial charge < -0.3 is 13.9 Å². The van der Waals surface area contributed by atoms with Crippen molar-refractivity contribution in [3.8, 4) is 11.5 Å². The third-order valence-corrected chi connectivity index (χ3v) is 9.09. The second-order valence-electron chi connectivity index (χ2n) is 9.31. The number of aromatic nitrogens is 4. The third-order valence-electron chi connectivity index (χ3n) is 6.83. The summed E-state index contributed by atoms with van der Waals surface area (Å²) in [6.07, 6.45) is 1.47. The number of fused-ring (bicyclic) bond motifs is 1. The van der Waals surface area contributed by atoms with Crippen LogP contribution in [-0.2, 0) is 16.6 Å². The van der Waals surface area contributed by atoms with E-state index in [2.05, 4.69) is 20.1 Å². The van der Waals surface area contributed by atoms with E-state index in [0.717, 1.165) is 0 Å². The number of piperidine rings is 1. The van der Waals surface area contributed by atoms with Crippen molar-refractivity contribution >= 4 is 21.4 Å². The van der Waals surface area contributed by atoms with Gasteiger partial charge in [0, 0.05) is 24.0 Å². The first kappa shape index (κ1) is 26.2. The van der Waals surface area contributed by atoms with Gasteiger partial charge in [-0.2, -0.15) is 8.78 Å². The van der Waals surface area contributed by atoms with Crippen LogP contribution < -0.4 is 4.31 Å². The van der Waals surface area contributed by atoms with Gasteiger partial charge in [0.1, 0.15) is 5.65 Å². The lowest BCUT2D eigenvalue weighted by molar-refractivity contribution is 0.116. The van der Waals surface area contributed by atoms with Gasteiger partial charge in [0.25, 0.3) is 5.89 Å². The van der Waals surface area contributed by atoms with E-state index in [1.54, 1.807) is 53.2 Å². The van der Waals surface area contributed by atoms with E-state index in [-0.39, 0.29) is 25.1 Å². The first-order valence-corrected chi connectivity index (χ1v) is 13.8. The molecule has 0 aliphatic carbocycles. The van der Waals surface area contributed by atoms with Crippen LogP contribution in [0.5, 0.6) is 0 Å². The molecule has 1 unspecified atom stereocenters. The predicted octanol–water partition coefficient (Wildman–Crippen LogP) is 3.50. The molecule has 38 heavy (non-hydrogen) atoms. The minimum absolute atomic E-state index is 0.0131. The molecule has 1 aliphatic heterocycles. The van der Waals surface area contributed by atoms with E-state index in [1.807, 2.05) is 13.0 Å². The largest absolute Gasteiger partial charge is 0.415 e. The summed E-state index contributed by atoms with van der Waals surface area (Å²) < 4.78 is 61.6. The Bertz CT molecular complexity index is 1490. The molecule has 0 saturated carbocycles.